The second-order valence-corrected chi connectivity index (χ2v) is 4.49. The van der Waals surface area contributed by atoms with Crippen LogP contribution in [0.3, 0.4) is 0 Å². The first-order valence-corrected chi connectivity index (χ1v) is 7.56. The average Bonchev–Trinajstić information content (AvgIpc) is 2.48. The first-order chi connectivity index (χ1) is 10.1. The van der Waals surface area contributed by atoms with Crippen molar-refractivity contribution in [2.24, 2.45) is 0 Å². The minimum atomic E-state index is -0.612. The topological polar surface area (TPSA) is 85.9 Å². The molecule has 0 aliphatic rings. The van der Waals surface area contributed by atoms with E-state index in [1.165, 1.54) is 0 Å². The number of carbonyl (C=O) groups excluding carboxylic acids is 2. The fourth-order valence-electron chi connectivity index (χ4n) is 1.37. The Morgan fingerprint density at radius 3 is 2.23 bits per heavy atom. The molecule has 0 heterocycles. The lowest BCUT2D eigenvalue weighted by Crippen LogP contribution is -2.36. The van der Waals surface area contributed by atoms with Crippen molar-refractivity contribution in [1.82, 2.24) is 10.6 Å². The van der Waals surface area contributed by atoms with Gasteiger partial charge in [-0.1, -0.05) is 27.7 Å². The van der Waals surface area contributed by atoms with Gasteiger partial charge < -0.3 is 24.8 Å². The van der Waals surface area contributed by atoms with E-state index in [2.05, 4.69) is 10.6 Å². The van der Waals surface area contributed by atoms with Crippen molar-refractivity contribution in [1.29, 1.82) is 0 Å². The van der Waals surface area contributed by atoms with Crippen LogP contribution in [0, 0.1) is 0 Å². The molecule has 0 aliphatic heterocycles. The van der Waals surface area contributed by atoms with Crippen LogP contribution in [0.25, 0.3) is 0 Å². The molecular weight excluding hydrogens is 288 g/mol. The van der Waals surface area contributed by atoms with Crippen LogP contribution in [0.4, 0.5) is 9.59 Å². The van der Waals surface area contributed by atoms with E-state index in [-0.39, 0.29) is 20.6 Å². The summed E-state index contributed by atoms with van der Waals surface area (Å²) in [4.78, 5) is 22.9. The summed E-state index contributed by atoms with van der Waals surface area (Å²) >= 11 is 0. The molecule has 0 aliphatic carbocycles. The van der Waals surface area contributed by atoms with E-state index >= 15 is 0 Å². The van der Waals surface area contributed by atoms with Crippen LogP contribution in [0.2, 0.25) is 0 Å². The Morgan fingerprint density at radius 2 is 1.64 bits per heavy atom. The predicted octanol–water partition coefficient (Wildman–Crippen LogP) is 2.69. The van der Waals surface area contributed by atoms with Crippen LogP contribution >= 0.6 is 0 Å². The highest BCUT2D eigenvalue weighted by molar-refractivity contribution is 5.68. The van der Waals surface area contributed by atoms with Gasteiger partial charge in [0.2, 0.25) is 0 Å². The third-order valence-corrected chi connectivity index (χ3v) is 2.50. The van der Waals surface area contributed by atoms with Gasteiger partial charge in [-0.05, 0) is 19.8 Å². The quantitative estimate of drug-likeness (QED) is 0.572. The molecule has 2 N–H and O–H groups in total. The maximum atomic E-state index is 11.5. The lowest BCUT2D eigenvalue weighted by molar-refractivity contribution is -0.00878. The van der Waals surface area contributed by atoms with Crippen LogP contribution in [-0.2, 0) is 14.2 Å². The van der Waals surface area contributed by atoms with Crippen molar-refractivity contribution in [2.75, 3.05) is 32.9 Å². The molecule has 7 heteroatoms. The summed E-state index contributed by atoms with van der Waals surface area (Å²) in [5, 5.41) is 5.22. The van der Waals surface area contributed by atoms with Crippen LogP contribution in [0.15, 0.2) is 0 Å². The molecule has 0 spiro atoms. The largest absolute Gasteiger partial charge is 0.446 e. The summed E-state index contributed by atoms with van der Waals surface area (Å²) in [5.41, 5.74) is 0. The second-order valence-electron chi connectivity index (χ2n) is 4.49. The van der Waals surface area contributed by atoms with Crippen molar-refractivity contribution in [3.05, 3.63) is 0 Å². The van der Waals surface area contributed by atoms with Gasteiger partial charge >= 0.3 is 12.2 Å². The Balaban J connectivity index is 0. The van der Waals surface area contributed by atoms with E-state index in [9.17, 15) is 9.59 Å². The van der Waals surface area contributed by atoms with Gasteiger partial charge in [0.25, 0.3) is 0 Å². The zero-order chi connectivity index (χ0) is 15.9. The van der Waals surface area contributed by atoms with Crippen LogP contribution in [-0.4, -0.2) is 51.2 Å². The van der Waals surface area contributed by atoms with Crippen LogP contribution in [0.5, 0.6) is 0 Å². The summed E-state index contributed by atoms with van der Waals surface area (Å²) in [6.45, 7) is 7.60. The first-order valence-electron chi connectivity index (χ1n) is 7.56. The molecule has 0 aromatic heterocycles. The summed E-state index contributed by atoms with van der Waals surface area (Å²) in [6.07, 6.45) is 1.06. The zero-order valence-corrected chi connectivity index (χ0v) is 13.3. The van der Waals surface area contributed by atoms with Gasteiger partial charge in [-0.15, -0.1) is 0 Å². The molecule has 0 aromatic rings. The Labute approximate surface area is 134 Å². The van der Waals surface area contributed by atoms with E-state index in [0.29, 0.717) is 19.7 Å². The number of carbonyl (C=O) groups is 2. The molecule has 1 unspecified atom stereocenters. The highest BCUT2D eigenvalue weighted by Gasteiger charge is 2.16. The van der Waals surface area contributed by atoms with E-state index in [1.54, 1.807) is 0 Å². The molecule has 2 amide bonds. The molecule has 0 saturated heterocycles. The number of alkyl carbamates (subject to hydrolysis) is 2. The van der Waals surface area contributed by atoms with E-state index in [4.69, 9.17) is 14.2 Å². The third-order valence-electron chi connectivity index (χ3n) is 2.50. The monoisotopic (exact) mass is 320 g/mol. The summed E-state index contributed by atoms with van der Waals surface area (Å²) < 4.78 is 15.4. The van der Waals surface area contributed by atoms with E-state index < -0.39 is 18.3 Å². The number of hydrogen-bond donors (Lipinski definition) is 2. The highest BCUT2D eigenvalue weighted by Crippen LogP contribution is 1.97. The number of hydrogen-bond acceptors (Lipinski definition) is 5. The molecule has 1 atom stereocenters. The highest BCUT2D eigenvalue weighted by atomic mass is 16.6. The Hall–Kier alpha value is -1.50. The van der Waals surface area contributed by atoms with Crippen molar-refractivity contribution >= 4 is 12.2 Å². The maximum Gasteiger partial charge on any atom is 0.407 e. The molecule has 0 aromatic carbocycles. The number of rotatable bonds is 11. The molecule has 0 bridgehead atoms. The predicted molar refractivity (Wildman–Crippen MR) is 86.0 cm³/mol. The number of unbranched alkanes of at least 4 members (excludes halogenated alkanes) is 1. The molecule has 0 saturated carbocycles. The summed E-state index contributed by atoms with van der Waals surface area (Å²) in [5.74, 6) is 0. The Bertz CT molecular complexity index is 287. The van der Waals surface area contributed by atoms with Crippen LogP contribution < -0.4 is 10.6 Å². The van der Waals surface area contributed by atoms with Crippen molar-refractivity contribution < 1.29 is 23.8 Å². The van der Waals surface area contributed by atoms with Gasteiger partial charge in [-0.2, -0.15) is 0 Å². The molecule has 0 rings (SSSR count). The molecule has 0 radical (unpaired) electrons. The van der Waals surface area contributed by atoms with Crippen molar-refractivity contribution in [3.8, 4) is 0 Å². The Morgan fingerprint density at radius 1 is 0.955 bits per heavy atom. The molecule has 22 heavy (non-hydrogen) atoms. The van der Waals surface area contributed by atoms with Gasteiger partial charge in [-0.25, -0.2) is 9.59 Å². The van der Waals surface area contributed by atoms with Gasteiger partial charge in [0.1, 0.15) is 6.61 Å². The lowest BCUT2D eigenvalue weighted by Gasteiger charge is -2.18. The maximum absolute atomic E-state index is 11.5. The minimum Gasteiger partial charge on any atom is -0.446 e. The minimum absolute atomic E-state index is 0. The summed E-state index contributed by atoms with van der Waals surface area (Å²) in [7, 11) is 0. The first kappa shape index (κ1) is 22.8. The zero-order valence-electron chi connectivity index (χ0n) is 13.3. The number of nitrogens with one attached hydrogen (secondary N) is 2. The standard InChI is InChI=1S/C14H28N2O5.CH4/c1-4-7-9-16-13(17)20-11-12(10-19-6-3)21-14(18)15-8-5-2;/h12H,4-11H2,1-3H3,(H,15,18)(H,16,17);1H4. The molecular formula is C15H32N2O5. The number of amides is 2. The van der Waals surface area contributed by atoms with Crippen molar-refractivity contribution in [2.45, 2.75) is 53.6 Å². The second kappa shape index (κ2) is 15.9. The normalized spacial score (nSPS) is 11.0. The fraction of sp³-hybridized carbons (Fsp3) is 0.867. The molecule has 7 nitrogen and oxygen atoms in total. The molecule has 132 valence electrons. The van der Waals surface area contributed by atoms with Gasteiger partial charge in [0.05, 0.1) is 6.61 Å². The fourth-order valence-corrected chi connectivity index (χ4v) is 1.37. The van der Waals surface area contributed by atoms with E-state index in [0.717, 1.165) is 19.3 Å². The summed E-state index contributed by atoms with van der Waals surface area (Å²) in [6, 6.07) is 0. The van der Waals surface area contributed by atoms with Gasteiger partial charge in [-0.3, -0.25) is 0 Å². The lowest BCUT2D eigenvalue weighted by atomic mass is 10.3. The van der Waals surface area contributed by atoms with Crippen molar-refractivity contribution in [3.63, 3.8) is 0 Å². The SMILES string of the molecule is C.CCCCNC(=O)OCC(COCC)OC(=O)NCCC. The van der Waals surface area contributed by atoms with Crippen LogP contribution in [0.1, 0.15) is 47.5 Å². The van der Waals surface area contributed by atoms with Gasteiger partial charge in [0, 0.05) is 19.7 Å². The van der Waals surface area contributed by atoms with Gasteiger partial charge in [0.15, 0.2) is 6.10 Å². The Kier molecular flexibility index (Phi) is 16.4. The smallest absolute Gasteiger partial charge is 0.407 e. The number of ether oxygens (including phenoxy) is 3. The molecule has 0 fully saturated rings. The third kappa shape index (κ3) is 13.5. The van der Waals surface area contributed by atoms with E-state index in [1.807, 2.05) is 20.8 Å². The average molecular weight is 320 g/mol.